The molecule has 2 rings (SSSR count). The molecule has 0 radical (unpaired) electrons. The van der Waals surface area contributed by atoms with Gasteiger partial charge in [0.25, 0.3) is 5.56 Å². The van der Waals surface area contributed by atoms with Crippen LogP contribution >= 0.6 is 11.8 Å². The molecule has 1 heterocycles. The van der Waals surface area contributed by atoms with Crippen molar-refractivity contribution in [2.75, 3.05) is 12.8 Å². The molecule has 0 amide bonds. The minimum absolute atomic E-state index is 0.367. The number of aromatic amines is 2. The molecule has 7 heteroatoms. The van der Waals surface area contributed by atoms with Crippen molar-refractivity contribution in [3.8, 4) is 5.75 Å². The fourth-order valence-corrected chi connectivity index (χ4v) is 2.15. The van der Waals surface area contributed by atoms with Crippen LogP contribution in [-0.4, -0.2) is 17.1 Å². The molecule has 0 saturated carbocycles. The van der Waals surface area contributed by atoms with E-state index in [1.165, 1.54) is 18.0 Å². The summed E-state index contributed by atoms with van der Waals surface area (Å²) in [4.78, 5) is 28.0. The lowest BCUT2D eigenvalue weighted by Crippen LogP contribution is -2.22. The van der Waals surface area contributed by atoms with Gasteiger partial charge < -0.3 is 15.5 Å². The van der Waals surface area contributed by atoms with E-state index in [4.69, 9.17) is 10.5 Å². The first-order chi connectivity index (χ1) is 8.60. The molecule has 0 aliphatic heterocycles. The molecule has 94 valence electrons. The van der Waals surface area contributed by atoms with Crippen LogP contribution in [0.3, 0.4) is 0 Å². The average Bonchev–Trinajstić information content (AvgIpc) is 2.34. The molecule has 18 heavy (non-hydrogen) atoms. The van der Waals surface area contributed by atoms with Gasteiger partial charge in [-0.15, -0.1) is 0 Å². The lowest BCUT2D eigenvalue weighted by Gasteiger charge is -2.06. The molecular weight excluding hydrogens is 254 g/mol. The lowest BCUT2D eigenvalue weighted by atomic mass is 10.3. The van der Waals surface area contributed by atoms with Crippen LogP contribution in [0, 0.1) is 0 Å². The maximum atomic E-state index is 11.5. The standard InChI is InChI=1S/C11H11N3O3S/c1-17-6-2-3-8(7(12)4-6)18-9-5-13-11(16)14-10(9)15/h2-5H,12H2,1H3,(H2,13,14,15,16). The minimum Gasteiger partial charge on any atom is -0.497 e. The lowest BCUT2D eigenvalue weighted by molar-refractivity contribution is 0.415. The number of ether oxygens (including phenoxy) is 1. The number of hydrogen-bond acceptors (Lipinski definition) is 5. The van der Waals surface area contributed by atoms with Gasteiger partial charge in [0.1, 0.15) is 5.75 Å². The second kappa shape index (κ2) is 5.01. The predicted molar refractivity (Wildman–Crippen MR) is 69.2 cm³/mol. The Balaban J connectivity index is 2.34. The number of H-pyrrole nitrogens is 2. The molecule has 1 aromatic carbocycles. The Hall–Kier alpha value is -2.15. The number of benzene rings is 1. The quantitative estimate of drug-likeness (QED) is 0.713. The van der Waals surface area contributed by atoms with Crippen LogP contribution in [-0.2, 0) is 0 Å². The number of aromatic nitrogens is 2. The Kier molecular flexibility index (Phi) is 3.42. The molecule has 2 aromatic rings. The predicted octanol–water partition coefficient (Wildman–Crippen LogP) is 0.805. The van der Waals surface area contributed by atoms with Crippen molar-refractivity contribution < 1.29 is 4.74 Å². The first-order valence-electron chi connectivity index (χ1n) is 5.03. The van der Waals surface area contributed by atoms with Crippen molar-refractivity contribution in [2.24, 2.45) is 0 Å². The first-order valence-corrected chi connectivity index (χ1v) is 5.85. The molecule has 0 fully saturated rings. The summed E-state index contributed by atoms with van der Waals surface area (Å²) in [5, 5.41) is 0. The van der Waals surface area contributed by atoms with Crippen LogP contribution in [0.1, 0.15) is 0 Å². The number of rotatable bonds is 3. The molecule has 0 aliphatic carbocycles. The fourth-order valence-electron chi connectivity index (χ4n) is 1.34. The minimum atomic E-state index is -0.535. The van der Waals surface area contributed by atoms with Gasteiger partial charge in [0, 0.05) is 22.8 Å². The second-order valence-corrected chi connectivity index (χ2v) is 4.53. The van der Waals surface area contributed by atoms with Gasteiger partial charge >= 0.3 is 5.69 Å². The SMILES string of the molecule is COc1ccc(Sc2c[nH]c(=O)[nH]c2=O)c(N)c1. The smallest absolute Gasteiger partial charge is 0.325 e. The topological polar surface area (TPSA) is 101 Å². The number of nitrogens with one attached hydrogen (secondary N) is 2. The van der Waals surface area contributed by atoms with Gasteiger partial charge in [-0.25, -0.2) is 4.79 Å². The second-order valence-electron chi connectivity index (χ2n) is 3.44. The Morgan fingerprint density at radius 1 is 1.28 bits per heavy atom. The van der Waals surface area contributed by atoms with Gasteiger partial charge in [0.05, 0.1) is 12.0 Å². The normalized spacial score (nSPS) is 10.3. The third-order valence-electron chi connectivity index (χ3n) is 2.22. The third-order valence-corrected chi connectivity index (χ3v) is 3.34. The fraction of sp³-hybridized carbons (Fsp3) is 0.0909. The van der Waals surface area contributed by atoms with Crippen molar-refractivity contribution >= 4 is 17.4 Å². The summed E-state index contributed by atoms with van der Waals surface area (Å²) in [6, 6.07) is 5.17. The molecule has 0 spiro atoms. The number of nitrogen functional groups attached to an aromatic ring is 1. The van der Waals surface area contributed by atoms with Gasteiger partial charge in [-0.1, -0.05) is 11.8 Å². The van der Waals surface area contributed by atoms with Crippen molar-refractivity contribution in [1.29, 1.82) is 0 Å². The highest BCUT2D eigenvalue weighted by atomic mass is 32.2. The van der Waals surface area contributed by atoms with Gasteiger partial charge in [-0.3, -0.25) is 9.78 Å². The van der Waals surface area contributed by atoms with Gasteiger partial charge in [-0.05, 0) is 12.1 Å². The van der Waals surface area contributed by atoms with E-state index in [0.29, 0.717) is 21.2 Å². The highest BCUT2D eigenvalue weighted by molar-refractivity contribution is 7.99. The molecule has 0 aliphatic rings. The van der Waals surface area contributed by atoms with Crippen LogP contribution in [0.25, 0.3) is 0 Å². The van der Waals surface area contributed by atoms with E-state index >= 15 is 0 Å². The maximum absolute atomic E-state index is 11.5. The highest BCUT2D eigenvalue weighted by Gasteiger charge is 2.07. The van der Waals surface area contributed by atoms with Gasteiger partial charge in [0.2, 0.25) is 0 Å². The average molecular weight is 265 g/mol. The summed E-state index contributed by atoms with van der Waals surface area (Å²) in [7, 11) is 1.55. The van der Waals surface area contributed by atoms with E-state index in [0.717, 1.165) is 0 Å². The van der Waals surface area contributed by atoms with Crippen molar-refractivity contribution in [3.63, 3.8) is 0 Å². The molecule has 0 atom stereocenters. The number of methoxy groups -OCH3 is 1. The Morgan fingerprint density at radius 3 is 2.67 bits per heavy atom. The largest absolute Gasteiger partial charge is 0.497 e. The van der Waals surface area contributed by atoms with Crippen molar-refractivity contribution in [3.05, 3.63) is 45.2 Å². The zero-order valence-electron chi connectivity index (χ0n) is 9.52. The van der Waals surface area contributed by atoms with E-state index in [2.05, 4.69) is 9.97 Å². The summed E-state index contributed by atoms with van der Waals surface area (Å²) >= 11 is 1.17. The van der Waals surface area contributed by atoms with Crippen molar-refractivity contribution in [1.82, 2.24) is 9.97 Å². The van der Waals surface area contributed by atoms with Gasteiger partial charge in [-0.2, -0.15) is 0 Å². The molecule has 0 unspecified atom stereocenters. The van der Waals surface area contributed by atoms with Crippen molar-refractivity contribution in [2.45, 2.75) is 9.79 Å². The van der Waals surface area contributed by atoms with Crippen LogP contribution in [0.2, 0.25) is 0 Å². The van der Waals surface area contributed by atoms with Crippen LogP contribution in [0.4, 0.5) is 5.69 Å². The number of nitrogens with two attached hydrogens (primary N) is 1. The highest BCUT2D eigenvalue weighted by Crippen LogP contribution is 2.31. The Morgan fingerprint density at radius 2 is 2.06 bits per heavy atom. The number of anilines is 1. The van der Waals surface area contributed by atoms with E-state index in [-0.39, 0.29) is 0 Å². The zero-order chi connectivity index (χ0) is 13.1. The molecule has 1 aromatic heterocycles. The van der Waals surface area contributed by atoms with Crippen LogP contribution in [0.15, 0.2) is 43.8 Å². The number of hydrogen-bond donors (Lipinski definition) is 3. The third kappa shape index (κ3) is 2.57. The van der Waals surface area contributed by atoms with E-state index in [1.54, 1.807) is 25.3 Å². The van der Waals surface area contributed by atoms with Crippen LogP contribution < -0.4 is 21.7 Å². The zero-order valence-corrected chi connectivity index (χ0v) is 10.3. The molecule has 0 saturated heterocycles. The van der Waals surface area contributed by atoms with E-state index in [1.807, 2.05) is 0 Å². The Labute approximate surface area is 106 Å². The summed E-state index contributed by atoms with van der Waals surface area (Å²) in [6.07, 6.45) is 1.36. The summed E-state index contributed by atoms with van der Waals surface area (Å²) < 4.78 is 5.04. The summed E-state index contributed by atoms with van der Waals surface area (Å²) in [5.74, 6) is 0.646. The molecule has 6 nitrogen and oxygen atoms in total. The van der Waals surface area contributed by atoms with E-state index < -0.39 is 11.2 Å². The molecular formula is C11H11N3O3S. The monoisotopic (exact) mass is 265 g/mol. The summed E-state index contributed by atoms with van der Waals surface area (Å²) in [5.41, 5.74) is 5.36. The first kappa shape index (κ1) is 12.3. The molecule has 0 bridgehead atoms. The maximum Gasteiger partial charge on any atom is 0.325 e. The van der Waals surface area contributed by atoms with Gasteiger partial charge in [0.15, 0.2) is 0 Å². The Bertz CT molecular complexity index is 678. The van der Waals surface area contributed by atoms with Crippen LogP contribution in [0.5, 0.6) is 5.75 Å². The molecule has 4 N–H and O–H groups in total. The summed E-state index contributed by atoms with van der Waals surface area (Å²) in [6.45, 7) is 0. The van der Waals surface area contributed by atoms with E-state index in [9.17, 15) is 9.59 Å².